The average Bonchev–Trinajstić information content (AvgIpc) is 2.65. The Morgan fingerprint density at radius 1 is 1.00 bits per heavy atom. The average molecular weight is 327 g/mol. The van der Waals surface area contributed by atoms with Crippen LogP contribution in [-0.4, -0.2) is 0 Å². The first-order chi connectivity index (χ1) is 12.3. The third kappa shape index (κ3) is 2.73. The fourth-order valence-electron chi connectivity index (χ4n) is 2.97. The minimum absolute atomic E-state index is 0.175. The van der Waals surface area contributed by atoms with Gasteiger partial charge in [-0.15, -0.1) is 0 Å². The summed E-state index contributed by atoms with van der Waals surface area (Å²) in [5, 5.41) is 12.1. The molecule has 0 radical (unpaired) electrons. The van der Waals surface area contributed by atoms with Crippen molar-refractivity contribution in [1.29, 1.82) is 5.26 Å². The Balaban J connectivity index is 1.85. The summed E-state index contributed by atoms with van der Waals surface area (Å²) in [6.07, 6.45) is 0. The van der Waals surface area contributed by atoms with E-state index in [0.717, 1.165) is 21.7 Å². The molecule has 0 unspecified atom stereocenters. The highest BCUT2D eigenvalue weighted by Crippen LogP contribution is 2.28. The molecule has 0 aliphatic rings. The van der Waals surface area contributed by atoms with Crippen molar-refractivity contribution in [3.8, 4) is 11.8 Å². The maximum absolute atomic E-state index is 11.9. The van der Waals surface area contributed by atoms with Crippen molar-refractivity contribution < 1.29 is 9.15 Å². The Morgan fingerprint density at radius 2 is 1.80 bits per heavy atom. The molecule has 0 spiro atoms. The van der Waals surface area contributed by atoms with Crippen molar-refractivity contribution in [2.45, 2.75) is 6.61 Å². The number of rotatable bonds is 3. The van der Waals surface area contributed by atoms with Gasteiger partial charge >= 0.3 is 5.63 Å². The third-order valence-electron chi connectivity index (χ3n) is 4.11. The van der Waals surface area contributed by atoms with E-state index in [4.69, 9.17) is 9.15 Å². The van der Waals surface area contributed by atoms with Crippen LogP contribution in [0.3, 0.4) is 0 Å². The van der Waals surface area contributed by atoms with Gasteiger partial charge < -0.3 is 9.15 Å². The molecule has 4 heteroatoms. The number of benzene rings is 3. The summed E-state index contributed by atoms with van der Waals surface area (Å²) in [6.45, 7) is 0.175. The van der Waals surface area contributed by atoms with Crippen LogP contribution in [0.25, 0.3) is 21.7 Å². The lowest BCUT2D eigenvalue weighted by molar-refractivity contribution is 0.306. The smallest absolute Gasteiger partial charge is 0.336 e. The Kier molecular flexibility index (Phi) is 3.68. The molecule has 0 aliphatic carbocycles. The van der Waals surface area contributed by atoms with Crippen LogP contribution >= 0.6 is 0 Å². The van der Waals surface area contributed by atoms with E-state index in [9.17, 15) is 10.1 Å². The lowest BCUT2D eigenvalue weighted by atomic mass is 10.0. The first-order valence-electron chi connectivity index (χ1n) is 7.83. The van der Waals surface area contributed by atoms with Gasteiger partial charge in [0.2, 0.25) is 0 Å². The third-order valence-corrected chi connectivity index (χ3v) is 4.11. The molecule has 120 valence electrons. The predicted octanol–water partition coefficient (Wildman–Crippen LogP) is 4.40. The lowest BCUT2D eigenvalue weighted by Crippen LogP contribution is -2.05. The maximum Gasteiger partial charge on any atom is 0.336 e. The number of nitrogens with zero attached hydrogens (tertiary/aromatic N) is 1. The van der Waals surface area contributed by atoms with Gasteiger partial charge in [0.05, 0.1) is 5.56 Å². The normalized spacial score (nSPS) is 10.7. The topological polar surface area (TPSA) is 63.2 Å². The molecule has 25 heavy (non-hydrogen) atoms. The monoisotopic (exact) mass is 327 g/mol. The van der Waals surface area contributed by atoms with Crippen molar-refractivity contribution in [2.75, 3.05) is 0 Å². The Morgan fingerprint density at radius 3 is 2.68 bits per heavy atom. The fraction of sp³-hybridized carbons (Fsp3) is 0.0476. The van der Waals surface area contributed by atoms with Gasteiger partial charge in [-0.2, -0.15) is 5.26 Å². The van der Waals surface area contributed by atoms with Gasteiger partial charge in [-0.3, -0.25) is 0 Å². The standard InChI is InChI=1S/C21H13NO3/c22-12-15-6-2-4-8-18(15)24-13-16-11-20(23)25-19-10-9-14-5-1-3-7-17(14)21(16)19/h1-11H,13H2. The second-order valence-corrected chi connectivity index (χ2v) is 5.65. The second-order valence-electron chi connectivity index (χ2n) is 5.65. The molecule has 0 amide bonds. The summed E-state index contributed by atoms with van der Waals surface area (Å²) in [6, 6.07) is 22.2. The van der Waals surface area contributed by atoms with Crippen LogP contribution in [0, 0.1) is 11.3 Å². The molecule has 0 saturated carbocycles. The predicted molar refractivity (Wildman–Crippen MR) is 95.5 cm³/mol. The van der Waals surface area contributed by atoms with Crippen LogP contribution in [0.5, 0.6) is 5.75 Å². The van der Waals surface area contributed by atoms with Crippen molar-refractivity contribution in [1.82, 2.24) is 0 Å². The SMILES string of the molecule is N#Cc1ccccc1OCc1cc(=O)oc2ccc3ccccc3c12. The fourth-order valence-corrected chi connectivity index (χ4v) is 2.97. The zero-order valence-electron chi connectivity index (χ0n) is 13.2. The van der Waals surface area contributed by atoms with E-state index in [-0.39, 0.29) is 6.61 Å². The van der Waals surface area contributed by atoms with Crippen molar-refractivity contribution >= 4 is 21.7 Å². The molecule has 0 aliphatic heterocycles. The Hall–Kier alpha value is -3.58. The van der Waals surface area contributed by atoms with Gasteiger partial charge in [0.15, 0.2) is 0 Å². The lowest BCUT2D eigenvalue weighted by Gasteiger charge is -2.11. The van der Waals surface area contributed by atoms with Crippen LogP contribution in [-0.2, 0) is 6.61 Å². The number of hydrogen-bond donors (Lipinski definition) is 0. The molecule has 0 saturated heterocycles. The van der Waals surface area contributed by atoms with E-state index in [1.54, 1.807) is 24.3 Å². The molecule has 0 bridgehead atoms. The van der Waals surface area contributed by atoms with Gasteiger partial charge in [0, 0.05) is 17.0 Å². The minimum Gasteiger partial charge on any atom is -0.487 e. The van der Waals surface area contributed by atoms with Gasteiger partial charge in [0.1, 0.15) is 24.0 Å². The van der Waals surface area contributed by atoms with E-state index >= 15 is 0 Å². The molecule has 0 N–H and O–H groups in total. The summed E-state index contributed by atoms with van der Waals surface area (Å²) in [5.41, 5.74) is 1.30. The molecular weight excluding hydrogens is 314 g/mol. The first-order valence-corrected chi connectivity index (χ1v) is 7.83. The Labute approximate surface area is 143 Å². The summed E-state index contributed by atoms with van der Waals surface area (Å²) < 4.78 is 11.2. The van der Waals surface area contributed by atoms with Crippen LogP contribution in [0.15, 0.2) is 75.9 Å². The van der Waals surface area contributed by atoms with Crippen LogP contribution < -0.4 is 10.4 Å². The molecule has 1 heterocycles. The number of ether oxygens (including phenoxy) is 1. The molecule has 4 rings (SSSR count). The Bertz CT molecular complexity index is 1190. The van der Waals surface area contributed by atoms with Gasteiger partial charge in [-0.05, 0) is 29.0 Å². The summed E-state index contributed by atoms with van der Waals surface area (Å²) in [5.74, 6) is 0.492. The molecular formula is C21H13NO3. The number of fused-ring (bicyclic) bond motifs is 3. The van der Waals surface area contributed by atoms with Crippen LogP contribution in [0.2, 0.25) is 0 Å². The highest BCUT2D eigenvalue weighted by molar-refractivity contribution is 6.07. The van der Waals surface area contributed by atoms with E-state index < -0.39 is 5.63 Å². The second kappa shape index (κ2) is 6.14. The first kappa shape index (κ1) is 15.0. The summed E-state index contributed by atoms with van der Waals surface area (Å²) in [7, 11) is 0. The molecule has 0 atom stereocenters. The number of para-hydroxylation sites is 1. The number of hydrogen-bond acceptors (Lipinski definition) is 4. The molecule has 1 aromatic heterocycles. The van der Waals surface area contributed by atoms with Crippen LogP contribution in [0.1, 0.15) is 11.1 Å². The van der Waals surface area contributed by atoms with Crippen LogP contribution in [0.4, 0.5) is 0 Å². The zero-order chi connectivity index (χ0) is 17.2. The summed E-state index contributed by atoms with van der Waals surface area (Å²) in [4.78, 5) is 11.9. The summed E-state index contributed by atoms with van der Waals surface area (Å²) >= 11 is 0. The van der Waals surface area contributed by atoms with Gasteiger partial charge in [0.25, 0.3) is 0 Å². The highest BCUT2D eigenvalue weighted by Gasteiger charge is 2.11. The van der Waals surface area contributed by atoms with E-state index in [0.29, 0.717) is 16.9 Å². The highest BCUT2D eigenvalue weighted by atomic mass is 16.5. The largest absolute Gasteiger partial charge is 0.487 e. The molecule has 4 nitrogen and oxygen atoms in total. The number of nitriles is 1. The van der Waals surface area contributed by atoms with E-state index in [1.165, 1.54) is 6.07 Å². The molecule has 4 aromatic rings. The van der Waals surface area contributed by atoms with Gasteiger partial charge in [-0.1, -0.05) is 42.5 Å². The van der Waals surface area contributed by atoms with Crippen molar-refractivity contribution in [2.24, 2.45) is 0 Å². The van der Waals surface area contributed by atoms with Crippen molar-refractivity contribution in [3.05, 3.63) is 88.3 Å². The maximum atomic E-state index is 11.9. The molecule has 3 aromatic carbocycles. The quantitative estimate of drug-likeness (QED) is 0.413. The van der Waals surface area contributed by atoms with E-state index in [2.05, 4.69) is 6.07 Å². The van der Waals surface area contributed by atoms with Crippen molar-refractivity contribution in [3.63, 3.8) is 0 Å². The minimum atomic E-state index is -0.421. The zero-order valence-corrected chi connectivity index (χ0v) is 13.2. The van der Waals surface area contributed by atoms with E-state index in [1.807, 2.05) is 36.4 Å². The van der Waals surface area contributed by atoms with Gasteiger partial charge in [-0.25, -0.2) is 4.79 Å². The molecule has 0 fully saturated rings.